The summed E-state index contributed by atoms with van der Waals surface area (Å²) in [7, 11) is 7.48. The monoisotopic (exact) mass is 306 g/mol. The third-order valence-electron chi connectivity index (χ3n) is 3.32. The number of aromatic nitrogens is 2. The predicted molar refractivity (Wildman–Crippen MR) is 87.4 cm³/mol. The van der Waals surface area contributed by atoms with Crippen LogP contribution in [0.1, 0.15) is 5.56 Å². The highest BCUT2D eigenvalue weighted by Crippen LogP contribution is 2.22. The maximum atomic E-state index is 11.8. The highest BCUT2D eigenvalue weighted by molar-refractivity contribution is 6.32. The molecule has 0 fully saturated rings. The number of anilines is 2. The molecule has 0 aliphatic heterocycles. The van der Waals surface area contributed by atoms with Crippen molar-refractivity contribution in [2.24, 2.45) is 7.05 Å². The highest BCUT2D eigenvalue weighted by Gasteiger charge is 2.12. The Bertz CT molecular complexity index is 696. The molecule has 0 unspecified atom stereocenters. The fourth-order valence-electron chi connectivity index (χ4n) is 2.06. The number of benzene rings is 1. The van der Waals surface area contributed by atoms with Crippen LogP contribution in [0.25, 0.3) is 0 Å². The molecule has 0 radical (unpaired) electrons. The average Bonchev–Trinajstić information content (AvgIpc) is 2.45. The summed E-state index contributed by atoms with van der Waals surface area (Å²) in [5.41, 5.74) is 2.62. The van der Waals surface area contributed by atoms with Gasteiger partial charge in [-0.2, -0.15) is 5.10 Å². The van der Waals surface area contributed by atoms with Gasteiger partial charge in [0.2, 0.25) is 0 Å². The second-order valence-electron chi connectivity index (χ2n) is 5.19. The van der Waals surface area contributed by atoms with Crippen molar-refractivity contribution in [2.45, 2.75) is 6.54 Å². The van der Waals surface area contributed by atoms with E-state index in [1.54, 1.807) is 13.2 Å². The Hall–Kier alpha value is -2.01. The van der Waals surface area contributed by atoms with E-state index in [9.17, 15) is 4.79 Å². The van der Waals surface area contributed by atoms with Crippen molar-refractivity contribution in [3.05, 3.63) is 51.4 Å². The van der Waals surface area contributed by atoms with E-state index >= 15 is 0 Å². The zero-order chi connectivity index (χ0) is 15.6. The van der Waals surface area contributed by atoms with E-state index in [2.05, 4.69) is 22.1 Å². The number of aryl methyl sites for hydroxylation is 1. The minimum atomic E-state index is -0.289. The van der Waals surface area contributed by atoms with Gasteiger partial charge in [-0.3, -0.25) is 4.79 Å². The lowest BCUT2D eigenvalue weighted by molar-refractivity contribution is 0.703. The van der Waals surface area contributed by atoms with Crippen LogP contribution < -0.4 is 15.4 Å². The molecule has 1 aromatic heterocycles. The summed E-state index contributed by atoms with van der Waals surface area (Å²) in [4.78, 5) is 15.8. The lowest BCUT2D eigenvalue weighted by Crippen LogP contribution is -2.25. The Morgan fingerprint density at radius 3 is 2.67 bits per heavy atom. The van der Waals surface area contributed by atoms with Gasteiger partial charge in [0, 0.05) is 40.4 Å². The maximum Gasteiger partial charge on any atom is 0.287 e. The van der Waals surface area contributed by atoms with Gasteiger partial charge < -0.3 is 9.80 Å². The largest absolute Gasteiger partial charge is 0.378 e. The minimum Gasteiger partial charge on any atom is -0.378 e. The SMILES string of the molecule is CN(C)c1cccc(CN(C)c2cnn(C)c(=O)c2Cl)c1. The summed E-state index contributed by atoms with van der Waals surface area (Å²) < 4.78 is 1.23. The first kappa shape index (κ1) is 15.4. The van der Waals surface area contributed by atoms with Crippen molar-refractivity contribution in [2.75, 3.05) is 30.9 Å². The van der Waals surface area contributed by atoms with E-state index in [0.29, 0.717) is 12.2 Å². The van der Waals surface area contributed by atoms with Gasteiger partial charge in [0.1, 0.15) is 5.02 Å². The van der Waals surface area contributed by atoms with Crippen LogP contribution in [0.3, 0.4) is 0 Å². The molecule has 0 spiro atoms. The predicted octanol–water partition coefficient (Wildman–Crippen LogP) is 2.14. The van der Waals surface area contributed by atoms with Gasteiger partial charge in [-0.25, -0.2) is 4.68 Å². The Morgan fingerprint density at radius 2 is 2.00 bits per heavy atom. The summed E-state index contributed by atoms with van der Waals surface area (Å²) in [6, 6.07) is 8.23. The molecule has 0 aliphatic carbocycles. The van der Waals surface area contributed by atoms with Gasteiger partial charge in [-0.15, -0.1) is 0 Å². The second kappa shape index (κ2) is 6.18. The molecular weight excluding hydrogens is 288 g/mol. The smallest absolute Gasteiger partial charge is 0.287 e. The molecule has 0 N–H and O–H groups in total. The molecule has 0 amide bonds. The average molecular weight is 307 g/mol. The van der Waals surface area contributed by atoms with Gasteiger partial charge in [0.25, 0.3) is 5.56 Å². The topological polar surface area (TPSA) is 41.4 Å². The minimum absolute atomic E-state index is 0.193. The normalized spacial score (nSPS) is 10.5. The number of hydrogen-bond acceptors (Lipinski definition) is 4. The van der Waals surface area contributed by atoms with Crippen LogP contribution >= 0.6 is 11.6 Å². The van der Waals surface area contributed by atoms with E-state index in [-0.39, 0.29) is 10.6 Å². The zero-order valence-corrected chi connectivity index (χ0v) is 13.4. The standard InChI is InChI=1S/C15H19ClN4O/c1-18(2)12-7-5-6-11(8-12)10-19(3)13-9-17-20(4)15(21)14(13)16/h5-9H,10H2,1-4H3. The van der Waals surface area contributed by atoms with Gasteiger partial charge in [0.15, 0.2) is 0 Å². The van der Waals surface area contributed by atoms with Crippen molar-refractivity contribution in [3.63, 3.8) is 0 Å². The van der Waals surface area contributed by atoms with Crippen LogP contribution in [0.4, 0.5) is 11.4 Å². The van der Waals surface area contributed by atoms with Gasteiger partial charge in [0.05, 0.1) is 11.9 Å². The summed E-state index contributed by atoms with van der Waals surface area (Å²) >= 11 is 6.12. The Labute approximate surface area is 129 Å². The van der Waals surface area contributed by atoms with Gasteiger partial charge in [-0.05, 0) is 17.7 Å². The first-order valence-electron chi connectivity index (χ1n) is 6.59. The van der Waals surface area contributed by atoms with Crippen LogP contribution in [0.5, 0.6) is 0 Å². The lowest BCUT2D eigenvalue weighted by atomic mass is 10.2. The summed E-state index contributed by atoms with van der Waals surface area (Å²) in [6.07, 6.45) is 1.61. The maximum absolute atomic E-state index is 11.8. The molecule has 5 nitrogen and oxygen atoms in total. The van der Waals surface area contributed by atoms with E-state index in [1.807, 2.05) is 38.2 Å². The molecule has 1 aromatic carbocycles. The zero-order valence-electron chi connectivity index (χ0n) is 12.7. The molecule has 0 atom stereocenters. The lowest BCUT2D eigenvalue weighted by Gasteiger charge is -2.21. The van der Waals surface area contributed by atoms with Crippen molar-refractivity contribution >= 4 is 23.0 Å². The summed E-state index contributed by atoms with van der Waals surface area (Å²) in [5, 5.41) is 4.21. The first-order chi connectivity index (χ1) is 9.90. The molecule has 0 saturated heterocycles. The Balaban J connectivity index is 2.26. The molecule has 112 valence electrons. The Morgan fingerprint density at radius 1 is 1.29 bits per heavy atom. The summed E-state index contributed by atoms with van der Waals surface area (Å²) in [6.45, 7) is 0.649. The van der Waals surface area contributed by atoms with Crippen LogP contribution in [0.2, 0.25) is 5.02 Å². The molecular formula is C15H19ClN4O. The fourth-order valence-corrected chi connectivity index (χ4v) is 2.38. The molecule has 2 rings (SSSR count). The molecule has 21 heavy (non-hydrogen) atoms. The van der Waals surface area contributed by atoms with E-state index in [4.69, 9.17) is 11.6 Å². The molecule has 0 aliphatic rings. The quantitative estimate of drug-likeness (QED) is 0.868. The number of rotatable bonds is 4. The molecule has 6 heteroatoms. The molecule has 0 saturated carbocycles. The number of hydrogen-bond donors (Lipinski definition) is 0. The van der Waals surface area contributed by atoms with Crippen molar-refractivity contribution in [1.82, 2.24) is 9.78 Å². The highest BCUT2D eigenvalue weighted by atomic mass is 35.5. The second-order valence-corrected chi connectivity index (χ2v) is 5.57. The van der Waals surface area contributed by atoms with E-state index < -0.39 is 0 Å². The molecule has 0 bridgehead atoms. The fraction of sp³-hybridized carbons (Fsp3) is 0.333. The number of nitrogens with zero attached hydrogens (tertiary/aromatic N) is 4. The van der Waals surface area contributed by atoms with E-state index in [0.717, 1.165) is 11.3 Å². The first-order valence-corrected chi connectivity index (χ1v) is 6.97. The van der Waals surface area contributed by atoms with Gasteiger partial charge in [-0.1, -0.05) is 23.7 Å². The van der Waals surface area contributed by atoms with Crippen LogP contribution in [0, 0.1) is 0 Å². The molecule has 2 aromatic rings. The van der Waals surface area contributed by atoms with Crippen molar-refractivity contribution in [1.29, 1.82) is 0 Å². The van der Waals surface area contributed by atoms with Crippen molar-refractivity contribution in [3.8, 4) is 0 Å². The number of halogens is 1. The van der Waals surface area contributed by atoms with Crippen LogP contribution in [-0.2, 0) is 13.6 Å². The van der Waals surface area contributed by atoms with Gasteiger partial charge >= 0.3 is 0 Å². The van der Waals surface area contributed by atoms with Crippen molar-refractivity contribution < 1.29 is 0 Å². The molecule has 1 heterocycles. The summed E-state index contributed by atoms with van der Waals surface area (Å²) in [5.74, 6) is 0. The third-order valence-corrected chi connectivity index (χ3v) is 3.67. The van der Waals surface area contributed by atoms with E-state index in [1.165, 1.54) is 4.68 Å². The Kier molecular flexibility index (Phi) is 4.53. The van der Waals surface area contributed by atoms with Crippen LogP contribution in [-0.4, -0.2) is 30.9 Å². The van der Waals surface area contributed by atoms with Crippen LogP contribution in [0.15, 0.2) is 35.3 Å². The third kappa shape index (κ3) is 3.36.